The lowest BCUT2D eigenvalue weighted by Crippen LogP contribution is -2.39. The minimum absolute atomic E-state index is 0.124. The number of nitrogens with one attached hydrogen (secondary N) is 1. The van der Waals surface area contributed by atoms with Gasteiger partial charge in [-0.2, -0.15) is 0 Å². The van der Waals surface area contributed by atoms with Gasteiger partial charge in [-0.3, -0.25) is 19.8 Å². The fourth-order valence-corrected chi connectivity index (χ4v) is 3.26. The Balaban J connectivity index is 2.08. The quantitative estimate of drug-likeness (QED) is 0.547. The molecule has 0 bridgehead atoms. The van der Waals surface area contributed by atoms with Crippen molar-refractivity contribution in [3.8, 4) is 5.75 Å². The Kier molecular flexibility index (Phi) is 6.99. The number of carbonyl (C=O) groups excluding carboxylic acids is 1. The molecule has 2 aromatic carbocycles. The molecular weight excluding hydrogens is 382 g/mol. The average molecular weight is 406 g/mol. The molecule has 1 atom stereocenters. The molecular formula is C20H24ClN3O4. The smallest absolute Gasteiger partial charge is 0.271 e. The number of hydrogen-bond acceptors (Lipinski definition) is 5. The van der Waals surface area contributed by atoms with Crippen LogP contribution in [0.5, 0.6) is 5.75 Å². The van der Waals surface area contributed by atoms with Crippen molar-refractivity contribution in [3.05, 3.63) is 62.2 Å². The number of anilines is 1. The van der Waals surface area contributed by atoms with E-state index in [2.05, 4.69) is 5.32 Å². The van der Waals surface area contributed by atoms with Crippen LogP contribution in [0.3, 0.4) is 0 Å². The molecule has 2 aromatic rings. The van der Waals surface area contributed by atoms with Gasteiger partial charge in [0, 0.05) is 18.7 Å². The summed E-state index contributed by atoms with van der Waals surface area (Å²) in [6.07, 6.45) is 0. The van der Waals surface area contributed by atoms with E-state index in [0.29, 0.717) is 12.2 Å². The number of rotatable bonds is 7. The third-order valence-electron chi connectivity index (χ3n) is 4.62. The third kappa shape index (κ3) is 4.99. The Labute approximate surface area is 169 Å². The topological polar surface area (TPSA) is 84.7 Å². The van der Waals surface area contributed by atoms with Crippen LogP contribution in [0.25, 0.3) is 0 Å². The first-order valence-corrected chi connectivity index (χ1v) is 9.11. The number of carbonyl (C=O) groups is 1. The van der Waals surface area contributed by atoms with E-state index in [-0.39, 0.29) is 16.6 Å². The molecule has 7 nitrogen and oxygen atoms in total. The van der Waals surface area contributed by atoms with E-state index in [1.807, 2.05) is 37.9 Å². The predicted molar refractivity (Wildman–Crippen MR) is 110 cm³/mol. The maximum atomic E-state index is 12.6. The van der Waals surface area contributed by atoms with E-state index < -0.39 is 11.0 Å². The third-order valence-corrected chi connectivity index (χ3v) is 4.93. The van der Waals surface area contributed by atoms with Crippen LogP contribution in [-0.2, 0) is 11.3 Å². The first kappa shape index (κ1) is 21.7. The van der Waals surface area contributed by atoms with Gasteiger partial charge in [-0.05, 0) is 50.6 Å². The SMILES string of the molecule is COc1c(C)cc(CN(C)C(C)C(=O)Nc2ccc([N+](=O)[O-])cc2Cl)cc1C. The Morgan fingerprint density at radius 2 is 1.89 bits per heavy atom. The molecule has 2 rings (SSSR count). The number of nitro groups is 1. The van der Waals surface area contributed by atoms with Crippen LogP contribution < -0.4 is 10.1 Å². The molecule has 1 amide bonds. The monoisotopic (exact) mass is 405 g/mol. The summed E-state index contributed by atoms with van der Waals surface area (Å²) in [7, 11) is 3.51. The molecule has 1 unspecified atom stereocenters. The van der Waals surface area contributed by atoms with Crippen molar-refractivity contribution in [2.24, 2.45) is 0 Å². The maximum Gasteiger partial charge on any atom is 0.271 e. The molecule has 0 heterocycles. The molecule has 0 spiro atoms. The number of benzene rings is 2. The van der Waals surface area contributed by atoms with Crippen molar-refractivity contribution in [3.63, 3.8) is 0 Å². The second-order valence-electron chi connectivity index (χ2n) is 6.76. The molecule has 0 saturated heterocycles. The summed E-state index contributed by atoms with van der Waals surface area (Å²) >= 11 is 6.05. The number of hydrogen-bond donors (Lipinski definition) is 1. The van der Waals surface area contributed by atoms with E-state index in [1.54, 1.807) is 14.0 Å². The zero-order chi connectivity index (χ0) is 21.0. The highest BCUT2D eigenvalue weighted by Crippen LogP contribution is 2.27. The number of likely N-dealkylation sites (N-methyl/N-ethyl adjacent to an activating group) is 1. The average Bonchev–Trinajstić information content (AvgIpc) is 2.62. The molecule has 28 heavy (non-hydrogen) atoms. The second kappa shape index (κ2) is 9.03. The molecule has 150 valence electrons. The number of amides is 1. The minimum atomic E-state index is -0.535. The van der Waals surface area contributed by atoms with E-state index in [0.717, 1.165) is 22.4 Å². The van der Waals surface area contributed by atoms with Gasteiger partial charge in [0.1, 0.15) is 5.75 Å². The Bertz CT molecular complexity index is 878. The van der Waals surface area contributed by atoms with Gasteiger partial charge in [-0.15, -0.1) is 0 Å². The fraction of sp³-hybridized carbons (Fsp3) is 0.350. The Hall–Kier alpha value is -2.64. The summed E-state index contributed by atoms with van der Waals surface area (Å²) < 4.78 is 5.39. The molecule has 0 aliphatic rings. The van der Waals surface area contributed by atoms with Crippen molar-refractivity contribution < 1.29 is 14.5 Å². The molecule has 1 N–H and O–H groups in total. The lowest BCUT2D eigenvalue weighted by molar-refractivity contribution is -0.384. The maximum absolute atomic E-state index is 12.6. The second-order valence-corrected chi connectivity index (χ2v) is 7.17. The Morgan fingerprint density at radius 3 is 2.39 bits per heavy atom. The molecule has 0 aromatic heterocycles. The van der Waals surface area contributed by atoms with Gasteiger partial charge in [0.15, 0.2) is 0 Å². The lowest BCUT2D eigenvalue weighted by Gasteiger charge is -2.25. The number of nitro benzene ring substituents is 1. The number of nitrogens with zero attached hydrogens (tertiary/aromatic N) is 2. The van der Waals surface area contributed by atoms with Gasteiger partial charge in [0.25, 0.3) is 5.69 Å². The van der Waals surface area contributed by atoms with Crippen molar-refractivity contribution >= 4 is 28.9 Å². The number of halogens is 1. The molecule has 0 saturated carbocycles. The zero-order valence-electron chi connectivity index (χ0n) is 16.6. The summed E-state index contributed by atoms with van der Waals surface area (Å²) in [4.78, 5) is 24.8. The van der Waals surface area contributed by atoms with Gasteiger partial charge in [0.2, 0.25) is 5.91 Å². The van der Waals surface area contributed by atoms with Crippen LogP contribution in [-0.4, -0.2) is 35.9 Å². The number of aryl methyl sites for hydroxylation is 2. The van der Waals surface area contributed by atoms with Gasteiger partial charge >= 0.3 is 0 Å². The normalized spacial score (nSPS) is 12.0. The van der Waals surface area contributed by atoms with Crippen molar-refractivity contribution in [2.75, 3.05) is 19.5 Å². The summed E-state index contributed by atoms with van der Waals surface area (Å²) in [5.74, 6) is 0.616. The van der Waals surface area contributed by atoms with E-state index in [9.17, 15) is 14.9 Å². The number of methoxy groups -OCH3 is 1. The van der Waals surface area contributed by atoms with Crippen molar-refractivity contribution in [2.45, 2.75) is 33.4 Å². The standard InChI is InChI=1S/C20H24ClN3O4/c1-12-8-15(9-13(2)19(12)28-5)11-23(4)14(3)20(25)22-18-7-6-16(24(26)27)10-17(18)21/h6-10,14H,11H2,1-5H3,(H,22,25). The summed E-state index contributed by atoms with van der Waals surface area (Å²) in [6.45, 7) is 6.34. The lowest BCUT2D eigenvalue weighted by atomic mass is 10.0. The van der Waals surface area contributed by atoms with E-state index >= 15 is 0 Å². The van der Waals surface area contributed by atoms with Gasteiger partial charge in [0.05, 0.1) is 28.8 Å². The first-order valence-electron chi connectivity index (χ1n) is 8.73. The highest BCUT2D eigenvalue weighted by atomic mass is 35.5. The molecule has 0 fully saturated rings. The van der Waals surface area contributed by atoms with Crippen LogP contribution in [0.2, 0.25) is 5.02 Å². The van der Waals surface area contributed by atoms with Crippen LogP contribution in [0.15, 0.2) is 30.3 Å². The van der Waals surface area contributed by atoms with Crippen LogP contribution in [0.4, 0.5) is 11.4 Å². The summed E-state index contributed by atoms with van der Waals surface area (Å²) in [6, 6.07) is 7.60. The fourth-order valence-electron chi connectivity index (χ4n) is 3.03. The molecule has 0 radical (unpaired) electrons. The van der Waals surface area contributed by atoms with Gasteiger partial charge in [-0.25, -0.2) is 0 Å². The highest BCUT2D eigenvalue weighted by Gasteiger charge is 2.20. The zero-order valence-corrected chi connectivity index (χ0v) is 17.3. The highest BCUT2D eigenvalue weighted by molar-refractivity contribution is 6.34. The van der Waals surface area contributed by atoms with E-state index in [4.69, 9.17) is 16.3 Å². The number of non-ortho nitro benzene ring substituents is 1. The first-order chi connectivity index (χ1) is 13.1. The minimum Gasteiger partial charge on any atom is -0.496 e. The van der Waals surface area contributed by atoms with Crippen LogP contribution in [0.1, 0.15) is 23.6 Å². The Morgan fingerprint density at radius 1 is 1.29 bits per heavy atom. The van der Waals surface area contributed by atoms with Crippen LogP contribution in [0, 0.1) is 24.0 Å². The number of ether oxygens (including phenoxy) is 1. The van der Waals surface area contributed by atoms with Crippen molar-refractivity contribution in [1.29, 1.82) is 0 Å². The van der Waals surface area contributed by atoms with Gasteiger partial charge < -0.3 is 10.1 Å². The van der Waals surface area contributed by atoms with Crippen LogP contribution >= 0.6 is 11.6 Å². The molecule has 8 heteroatoms. The largest absolute Gasteiger partial charge is 0.496 e. The van der Waals surface area contributed by atoms with Gasteiger partial charge in [-0.1, -0.05) is 23.7 Å². The van der Waals surface area contributed by atoms with E-state index in [1.165, 1.54) is 18.2 Å². The molecule has 0 aliphatic carbocycles. The summed E-state index contributed by atoms with van der Waals surface area (Å²) in [5.41, 5.74) is 3.37. The predicted octanol–water partition coefficient (Wildman–Crippen LogP) is 4.33. The molecule has 0 aliphatic heterocycles. The van der Waals surface area contributed by atoms with Crippen molar-refractivity contribution in [1.82, 2.24) is 4.90 Å². The summed E-state index contributed by atoms with van der Waals surface area (Å²) in [5, 5.41) is 13.6.